The molecular weight excluding hydrogens is 140 g/mol. The molecule has 0 aromatic rings. The van der Waals surface area contributed by atoms with E-state index >= 15 is 0 Å². The largest absolute Gasteiger partial charge is 0.463 e. The first-order chi connectivity index (χ1) is 4.33. The highest BCUT2D eigenvalue weighted by Crippen LogP contribution is 2.13. The van der Waals surface area contributed by atoms with Gasteiger partial charge in [0, 0.05) is 6.26 Å². The van der Waals surface area contributed by atoms with Crippen molar-refractivity contribution in [2.45, 2.75) is 12.5 Å². The first-order valence-corrected chi connectivity index (χ1v) is 3.83. The van der Waals surface area contributed by atoms with Crippen molar-refractivity contribution in [2.24, 2.45) is 0 Å². The minimum atomic E-state index is -0.158. The van der Waals surface area contributed by atoms with Crippen LogP contribution in [-0.2, 0) is 13.7 Å². The molecule has 0 amide bonds. The van der Waals surface area contributed by atoms with Gasteiger partial charge in [0.05, 0.1) is 6.42 Å². The lowest BCUT2D eigenvalue weighted by atomic mass is 10.3. The maximum atomic E-state index is 10.4. The highest BCUT2D eigenvalue weighted by Gasteiger charge is 2.23. The molecule has 0 aliphatic carbocycles. The third-order valence-corrected chi connectivity index (χ3v) is 1.52. The Labute approximate surface area is 57.9 Å². The van der Waals surface area contributed by atoms with Gasteiger partial charge >= 0.3 is 5.97 Å². The van der Waals surface area contributed by atoms with E-state index in [1.165, 1.54) is 12.0 Å². The fourth-order valence-corrected chi connectivity index (χ4v) is 1.08. The van der Waals surface area contributed by atoms with Crippen LogP contribution in [0.4, 0.5) is 0 Å². The lowest BCUT2D eigenvalue weighted by Gasteiger charge is -2.01. The van der Waals surface area contributed by atoms with Crippen LogP contribution < -0.4 is 0 Å². The minimum absolute atomic E-state index is 0.0208. The topological polar surface area (TPSA) is 35.5 Å². The predicted molar refractivity (Wildman–Crippen MR) is 34.0 cm³/mol. The van der Waals surface area contributed by atoms with E-state index in [2.05, 4.69) is 4.74 Å². The van der Waals surface area contributed by atoms with Crippen molar-refractivity contribution >= 4 is 18.0 Å². The summed E-state index contributed by atoms with van der Waals surface area (Å²) >= 11 is 1.27. The molecule has 0 radical (unpaired) electrons. The van der Waals surface area contributed by atoms with E-state index in [1.807, 2.05) is 6.26 Å². The molecule has 4 heteroatoms. The number of rotatable bonds is 2. The van der Waals surface area contributed by atoms with Crippen molar-refractivity contribution in [2.75, 3.05) is 12.9 Å². The van der Waals surface area contributed by atoms with E-state index < -0.39 is 0 Å². The fourth-order valence-electron chi connectivity index (χ4n) is 0.688. The number of carbonyl (C=O) groups excluding carboxylic acids is 1. The van der Waals surface area contributed by atoms with Gasteiger partial charge in [-0.2, -0.15) is 0 Å². The van der Waals surface area contributed by atoms with Crippen LogP contribution in [0.3, 0.4) is 0 Å². The molecule has 9 heavy (non-hydrogen) atoms. The van der Waals surface area contributed by atoms with Crippen LogP contribution in [0, 0.1) is 0 Å². The highest BCUT2D eigenvalue weighted by atomic mass is 32.2. The Morgan fingerprint density at radius 1 is 1.89 bits per heavy atom. The maximum Gasteiger partial charge on any atom is 0.308 e. The Kier molecular flexibility index (Phi) is 2.36. The molecular formula is C5H8O3S. The smallest absolute Gasteiger partial charge is 0.308 e. The molecule has 0 saturated carbocycles. The molecule has 1 unspecified atom stereocenters. The van der Waals surface area contributed by atoms with Gasteiger partial charge in [0.15, 0.2) is 0 Å². The Morgan fingerprint density at radius 3 is 3.11 bits per heavy atom. The van der Waals surface area contributed by atoms with Gasteiger partial charge in [0.2, 0.25) is 0 Å². The molecule has 0 spiro atoms. The van der Waals surface area contributed by atoms with Gasteiger partial charge in [-0.15, -0.1) is 0 Å². The first kappa shape index (κ1) is 6.89. The number of cyclic esters (lactones) is 1. The molecule has 3 nitrogen and oxygen atoms in total. The third-order valence-electron chi connectivity index (χ3n) is 1.06. The van der Waals surface area contributed by atoms with E-state index in [0.717, 1.165) is 0 Å². The number of ether oxygens (including phenoxy) is 1. The van der Waals surface area contributed by atoms with Gasteiger partial charge in [-0.3, -0.25) is 4.79 Å². The zero-order valence-corrected chi connectivity index (χ0v) is 5.94. The summed E-state index contributed by atoms with van der Waals surface area (Å²) in [5.41, 5.74) is 0. The normalized spacial score (nSPS) is 26.3. The average Bonchev–Trinajstić information content (AvgIpc) is 2.17. The highest BCUT2D eigenvalue weighted by molar-refractivity contribution is 7.93. The minimum Gasteiger partial charge on any atom is -0.463 e. The zero-order valence-electron chi connectivity index (χ0n) is 5.12. The van der Waals surface area contributed by atoms with E-state index in [0.29, 0.717) is 13.0 Å². The van der Waals surface area contributed by atoms with Crippen LogP contribution >= 0.6 is 12.0 Å². The van der Waals surface area contributed by atoms with Crippen molar-refractivity contribution in [1.29, 1.82) is 0 Å². The molecule has 0 bridgehead atoms. The standard InChI is InChI=1S/C5H8O3S/c1-9-8-4-2-5(6)7-3-4/h4H,2-3H2,1H3. The summed E-state index contributed by atoms with van der Waals surface area (Å²) in [5.74, 6) is -0.158. The Morgan fingerprint density at radius 2 is 2.67 bits per heavy atom. The molecule has 1 aliphatic rings. The molecule has 0 N–H and O–H groups in total. The van der Waals surface area contributed by atoms with Crippen molar-refractivity contribution < 1.29 is 13.7 Å². The van der Waals surface area contributed by atoms with E-state index in [-0.39, 0.29) is 12.1 Å². The maximum absolute atomic E-state index is 10.4. The summed E-state index contributed by atoms with van der Waals surface area (Å²) < 4.78 is 9.68. The van der Waals surface area contributed by atoms with E-state index in [9.17, 15) is 4.79 Å². The lowest BCUT2D eigenvalue weighted by molar-refractivity contribution is -0.137. The predicted octanol–water partition coefficient (Wildman–Crippen LogP) is 0.596. The number of carbonyl (C=O) groups is 1. The van der Waals surface area contributed by atoms with Gasteiger partial charge in [0.1, 0.15) is 12.7 Å². The second-order valence-electron chi connectivity index (χ2n) is 1.77. The van der Waals surface area contributed by atoms with Gasteiger partial charge < -0.3 is 8.92 Å². The third kappa shape index (κ3) is 1.87. The number of hydrogen-bond donors (Lipinski definition) is 0. The van der Waals surface area contributed by atoms with Crippen LogP contribution in [-0.4, -0.2) is 24.9 Å². The monoisotopic (exact) mass is 148 g/mol. The van der Waals surface area contributed by atoms with Crippen LogP contribution in [0.5, 0.6) is 0 Å². The zero-order chi connectivity index (χ0) is 6.69. The van der Waals surface area contributed by atoms with Gasteiger partial charge in [0.25, 0.3) is 0 Å². The summed E-state index contributed by atoms with van der Waals surface area (Å²) in [6, 6.07) is 0. The van der Waals surface area contributed by atoms with Gasteiger partial charge in [-0.1, -0.05) is 0 Å². The van der Waals surface area contributed by atoms with Crippen molar-refractivity contribution in [3.05, 3.63) is 0 Å². The molecule has 1 heterocycles. The first-order valence-electron chi connectivity index (χ1n) is 2.68. The molecule has 1 atom stereocenters. The van der Waals surface area contributed by atoms with Crippen molar-refractivity contribution in [3.63, 3.8) is 0 Å². The molecule has 1 aliphatic heterocycles. The summed E-state index contributed by atoms with van der Waals surface area (Å²) in [6.45, 7) is 0.416. The average molecular weight is 148 g/mol. The van der Waals surface area contributed by atoms with Crippen molar-refractivity contribution in [3.8, 4) is 0 Å². The van der Waals surface area contributed by atoms with Crippen molar-refractivity contribution in [1.82, 2.24) is 0 Å². The lowest BCUT2D eigenvalue weighted by Crippen LogP contribution is -2.06. The fraction of sp³-hybridized carbons (Fsp3) is 0.800. The van der Waals surface area contributed by atoms with Crippen LogP contribution in [0.25, 0.3) is 0 Å². The SMILES string of the molecule is CSOC1COC(=O)C1. The molecule has 1 rings (SSSR count). The van der Waals surface area contributed by atoms with Crippen LogP contribution in [0.15, 0.2) is 0 Å². The van der Waals surface area contributed by atoms with E-state index in [4.69, 9.17) is 4.18 Å². The summed E-state index contributed by atoms with van der Waals surface area (Å²) in [5, 5.41) is 0. The Bertz CT molecular complexity index is 115. The summed E-state index contributed by atoms with van der Waals surface area (Å²) in [4.78, 5) is 10.4. The molecule has 1 saturated heterocycles. The van der Waals surface area contributed by atoms with Crippen LogP contribution in [0.1, 0.15) is 6.42 Å². The van der Waals surface area contributed by atoms with Gasteiger partial charge in [-0.25, -0.2) is 0 Å². The number of hydrogen-bond acceptors (Lipinski definition) is 4. The van der Waals surface area contributed by atoms with Crippen LogP contribution in [0.2, 0.25) is 0 Å². The second-order valence-corrected chi connectivity index (χ2v) is 2.30. The Hall–Kier alpha value is -0.220. The summed E-state index contributed by atoms with van der Waals surface area (Å²) in [6.07, 6.45) is 2.20. The molecule has 0 aromatic carbocycles. The molecule has 0 aromatic heterocycles. The molecule has 1 fully saturated rings. The van der Waals surface area contributed by atoms with Gasteiger partial charge in [-0.05, 0) is 12.0 Å². The van der Waals surface area contributed by atoms with E-state index in [1.54, 1.807) is 0 Å². The summed E-state index contributed by atoms with van der Waals surface area (Å²) in [7, 11) is 0. The number of esters is 1. The quantitative estimate of drug-likeness (QED) is 0.424. The second kappa shape index (κ2) is 3.08. The Balaban J connectivity index is 2.22. The molecule has 52 valence electrons.